The van der Waals surface area contributed by atoms with Gasteiger partial charge in [0.2, 0.25) is 0 Å². The van der Waals surface area contributed by atoms with E-state index in [4.69, 9.17) is 5.11 Å². The van der Waals surface area contributed by atoms with Gasteiger partial charge in [0.05, 0.1) is 6.42 Å². The maximum atomic E-state index is 9.86. The predicted molar refractivity (Wildman–Crippen MR) is 35.6 cm³/mol. The van der Waals surface area contributed by atoms with Gasteiger partial charge in [-0.3, -0.25) is 4.79 Å². The van der Waals surface area contributed by atoms with Gasteiger partial charge in [-0.05, 0) is 0 Å². The van der Waals surface area contributed by atoms with E-state index in [1.165, 1.54) is 11.8 Å². The predicted octanol–water partition coefficient (Wildman–Crippen LogP) is 0.393. The third-order valence-electron chi connectivity index (χ3n) is 0.646. The Labute approximate surface area is 57.4 Å². The molecule has 0 aliphatic rings. The number of thioether (sulfide) groups is 1. The van der Waals surface area contributed by atoms with Gasteiger partial charge in [0, 0.05) is 11.5 Å². The number of hydrogen-bond acceptors (Lipinski definition) is 3. The summed E-state index contributed by atoms with van der Waals surface area (Å²) in [6.45, 7) is 0. The van der Waals surface area contributed by atoms with Crippen LogP contribution < -0.4 is 0 Å². The molecule has 0 saturated carbocycles. The van der Waals surface area contributed by atoms with E-state index in [1.54, 1.807) is 0 Å². The van der Waals surface area contributed by atoms with Crippen molar-refractivity contribution >= 4 is 24.0 Å². The molecule has 0 fully saturated rings. The number of hydrogen-bond donors (Lipinski definition) is 1. The highest BCUT2D eigenvalue weighted by Crippen LogP contribution is 1.98. The molecule has 0 amide bonds. The lowest BCUT2D eigenvalue weighted by molar-refractivity contribution is -0.136. The average molecular weight is 148 g/mol. The van der Waals surface area contributed by atoms with Crippen molar-refractivity contribution in [1.29, 1.82) is 0 Å². The molecule has 3 nitrogen and oxygen atoms in total. The van der Waals surface area contributed by atoms with Gasteiger partial charge in [-0.2, -0.15) is 11.8 Å². The number of carbonyl (C=O) groups excluding carboxylic acids is 1. The Kier molecular flexibility index (Phi) is 5.30. The average Bonchev–Trinajstić information content (AvgIpc) is 1.80. The monoisotopic (exact) mass is 148 g/mol. The van der Waals surface area contributed by atoms with Crippen molar-refractivity contribution in [2.75, 3.05) is 11.5 Å². The van der Waals surface area contributed by atoms with Crippen molar-refractivity contribution in [2.24, 2.45) is 0 Å². The van der Waals surface area contributed by atoms with Crippen molar-refractivity contribution in [2.45, 2.75) is 6.42 Å². The topological polar surface area (TPSA) is 54.4 Å². The van der Waals surface area contributed by atoms with Gasteiger partial charge in [-0.1, -0.05) is 0 Å². The minimum Gasteiger partial charge on any atom is -0.481 e. The Balaban J connectivity index is 2.91. The molecular weight excluding hydrogens is 140 g/mol. The van der Waals surface area contributed by atoms with Gasteiger partial charge >= 0.3 is 5.97 Å². The number of aliphatic carboxylic acids is 1. The molecule has 9 heavy (non-hydrogen) atoms. The number of rotatable bonds is 5. The maximum absolute atomic E-state index is 9.86. The summed E-state index contributed by atoms with van der Waals surface area (Å²) in [5.41, 5.74) is 0. The van der Waals surface area contributed by atoms with Gasteiger partial charge in [-0.15, -0.1) is 0 Å². The Morgan fingerprint density at radius 1 is 1.67 bits per heavy atom. The summed E-state index contributed by atoms with van der Waals surface area (Å²) in [4.78, 5) is 19.5. The zero-order chi connectivity index (χ0) is 7.11. The molecule has 52 valence electrons. The molecule has 4 heteroatoms. The Bertz CT molecular complexity index is 102. The molecule has 0 bridgehead atoms. The molecule has 0 aromatic carbocycles. The highest BCUT2D eigenvalue weighted by molar-refractivity contribution is 7.99. The maximum Gasteiger partial charge on any atom is 0.304 e. The fourth-order valence-corrected chi connectivity index (χ4v) is 0.873. The molecule has 1 N–H and O–H groups in total. The summed E-state index contributed by atoms with van der Waals surface area (Å²) in [5.74, 6) is 0.106. The van der Waals surface area contributed by atoms with Crippen LogP contribution in [-0.4, -0.2) is 28.9 Å². The van der Waals surface area contributed by atoms with Crippen LogP contribution in [0.3, 0.4) is 0 Å². The first-order chi connectivity index (χ1) is 4.27. The van der Waals surface area contributed by atoms with E-state index in [-0.39, 0.29) is 6.42 Å². The zero-order valence-electron chi connectivity index (χ0n) is 4.87. The van der Waals surface area contributed by atoms with Crippen LogP contribution in [0, 0.1) is 0 Å². The lowest BCUT2D eigenvalue weighted by Gasteiger charge is -1.89. The first kappa shape index (κ1) is 8.49. The van der Waals surface area contributed by atoms with Crippen LogP contribution >= 0.6 is 11.8 Å². The molecule has 0 unspecified atom stereocenters. The first-order valence-corrected chi connectivity index (χ1v) is 3.66. The molecule has 0 aromatic heterocycles. The fraction of sp³-hybridized carbons (Fsp3) is 0.600. The smallest absolute Gasteiger partial charge is 0.304 e. The van der Waals surface area contributed by atoms with Crippen LogP contribution in [0.4, 0.5) is 0 Å². The highest BCUT2D eigenvalue weighted by atomic mass is 32.2. The van der Waals surface area contributed by atoms with Crippen molar-refractivity contribution in [1.82, 2.24) is 0 Å². The van der Waals surface area contributed by atoms with E-state index in [1.807, 2.05) is 0 Å². The van der Waals surface area contributed by atoms with E-state index in [0.717, 1.165) is 6.29 Å². The largest absolute Gasteiger partial charge is 0.481 e. The number of aldehydes is 1. The van der Waals surface area contributed by atoms with E-state index in [9.17, 15) is 9.59 Å². The summed E-state index contributed by atoms with van der Waals surface area (Å²) in [5, 5.41) is 8.11. The van der Waals surface area contributed by atoms with Crippen LogP contribution in [0.25, 0.3) is 0 Å². The van der Waals surface area contributed by atoms with Gasteiger partial charge in [0.1, 0.15) is 6.29 Å². The third kappa shape index (κ3) is 7.49. The molecule has 0 radical (unpaired) electrons. The van der Waals surface area contributed by atoms with Crippen LogP contribution in [0.15, 0.2) is 0 Å². The van der Waals surface area contributed by atoms with Crippen LogP contribution in [0.5, 0.6) is 0 Å². The summed E-state index contributed by atoms with van der Waals surface area (Å²) < 4.78 is 0. The van der Waals surface area contributed by atoms with Gasteiger partial charge in [0.25, 0.3) is 0 Å². The van der Waals surface area contributed by atoms with Crippen molar-refractivity contribution in [3.8, 4) is 0 Å². The Hall–Kier alpha value is -0.510. The quantitative estimate of drug-likeness (QED) is 0.452. The van der Waals surface area contributed by atoms with Crippen molar-refractivity contribution in [3.05, 3.63) is 0 Å². The summed E-state index contributed by atoms with van der Waals surface area (Å²) >= 11 is 1.33. The molecule has 0 saturated heterocycles. The molecule has 0 aliphatic heterocycles. The summed E-state index contributed by atoms with van der Waals surface area (Å²) in [6.07, 6.45) is 0.908. The van der Waals surface area contributed by atoms with Gasteiger partial charge < -0.3 is 9.90 Å². The third-order valence-corrected chi connectivity index (χ3v) is 1.51. The van der Waals surface area contributed by atoms with Crippen LogP contribution in [-0.2, 0) is 9.59 Å². The second kappa shape index (κ2) is 5.62. The number of carbonyl (C=O) groups is 2. The van der Waals surface area contributed by atoms with Crippen LogP contribution in [0.2, 0.25) is 0 Å². The fourth-order valence-electron chi connectivity index (χ4n) is 0.291. The van der Waals surface area contributed by atoms with E-state index in [0.29, 0.717) is 11.5 Å². The van der Waals surface area contributed by atoms with E-state index >= 15 is 0 Å². The molecule has 0 spiro atoms. The van der Waals surface area contributed by atoms with Gasteiger partial charge in [-0.25, -0.2) is 0 Å². The normalized spacial score (nSPS) is 8.89. The number of carboxylic acid groups (broad SMARTS) is 1. The molecule has 0 aromatic rings. The van der Waals surface area contributed by atoms with Gasteiger partial charge in [0.15, 0.2) is 0 Å². The Morgan fingerprint density at radius 3 is 2.78 bits per heavy atom. The summed E-state index contributed by atoms with van der Waals surface area (Å²) in [6, 6.07) is 0. The van der Waals surface area contributed by atoms with E-state index < -0.39 is 5.97 Å². The second-order valence-electron chi connectivity index (χ2n) is 1.39. The first-order valence-electron chi connectivity index (χ1n) is 2.50. The molecule has 0 rings (SSSR count). The SMILES string of the molecule is O=CCSCCC(=O)O. The highest BCUT2D eigenvalue weighted by Gasteiger charge is 1.94. The summed E-state index contributed by atoms with van der Waals surface area (Å²) in [7, 11) is 0. The lowest BCUT2D eigenvalue weighted by Crippen LogP contribution is -1.96. The lowest BCUT2D eigenvalue weighted by atomic mass is 10.5. The molecular formula is C5H8O3S. The Morgan fingerprint density at radius 2 is 2.33 bits per heavy atom. The standard InChI is InChI=1S/C5H8O3S/c6-2-4-9-3-1-5(7)8/h2H,1,3-4H2,(H,7,8). The van der Waals surface area contributed by atoms with E-state index in [2.05, 4.69) is 0 Å². The van der Waals surface area contributed by atoms with Crippen LogP contribution in [0.1, 0.15) is 6.42 Å². The second-order valence-corrected chi connectivity index (χ2v) is 2.54. The molecule has 0 aliphatic carbocycles. The minimum atomic E-state index is -0.812. The molecule has 0 heterocycles. The molecule has 0 atom stereocenters. The zero-order valence-corrected chi connectivity index (χ0v) is 5.69. The number of carboxylic acids is 1. The van der Waals surface area contributed by atoms with Crippen molar-refractivity contribution < 1.29 is 14.7 Å². The minimum absolute atomic E-state index is 0.137. The van der Waals surface area contributed by atoms with Crippen molar-refractivity contribution in [3.63, 3.8) is 0 Å².